The molecule has 0 aliphatic rings. The van der Waals surface area contributed by atoms with E-state index in [0.29, 0.717) is 88.2 Å². The molecule has 0 saturated heterocycles. The summed E-state index contributed by atoms with van der Waals surface area (Å²) in [6, 6.07) is 13.7. The summed E-state index contributed by atoms with van der Waals surface area (Å²) >= 11 is 0. The van der Waals surface area contributed by atoms with Crippen LogP contribution in [0.5, 0.6) is 0 Å². The van der Waals surface area contributed by atoms with Crippen molar-refractivity contribution in [2.24, 2.45) is 0 Å². The number of fused-ring (bicyclic) bond motifs is 1. The second-order valence-electron chi connectivity index (χ2n) is 16.1. The SMILES string of the molecule is COCC(=O)NCCOCCOCCOCCNC(=O)c1ccc(C(=O)NCCCCCCc2cn(CCCC[C@@H](C)NC(=O)c3ccc(NCc4cnc5nc(N)[nH]c(=O)c5n4)cc3)nn2)cc1. The van der Waals surface area contributed by atoms with Crippen molar-refractivity contribution in [1.82, 2.24) is 56.2 Å². The molecule has 0 fully saturated rings. The zero-order chi connectivity index (χ0) is 49.1. The topological polar surface area (TPSA) is 294 Å². The lowest BCUT2D eigenvalue weighted by atomic mass is 10.1. The van der Waals surface area contributed by atoms with Crippen LogP contribution in [0.1, 0.15) is 94.3 Å². The quantitative estimate of drug-likeness (QED) is 0.0298. The summed E-state index contributed by atoms with van der Waals surface area (Å²) in [6.07, 6.45) is 10.8. The summed E-state index contributed by atoms with van der Waals surface area (Å²) in [6.45, 7) is 6.69. The van der Waals surface area contributed by atoms with Crippen LogP contribution in [-0.4, -0.2) is 138 Å². The lowest BCUT2D eigenvalue weighted by molar-refractivity contribution is -0.125. The minimum absolute atomic E-state index is 0.00182. The number of carbonyl (C=O) groups excluding carboxylic acids is 4. The van der Waals surface area contributed by atoms with Crippen LogP contribution in [0.15, 0.2) is 65.7 Å². The van der Waals surface area contributed by atoms with Gasteiger partial charge in [-0.25, -0.2) is 9.97 Å². The third kappa shape index (κ3) is 19.7. The van der Waals surface area contributed by atoms with Gasteiger partial charge in [-0.3, -0.25) is 33.6 Å². The number of nitrogens with two attached hydrogens (primary N) is 1. The molecule has 0 saturated carbocycles. The Morgan fingerprint density at radius 2 is 1.35 bits per heavy atom. The van der Waals surface area contributed by atoms with Crippen molar-refractivity contribution in [3.8, 4) is 0 Å². The van der Waals surface area contributed by atoms with Gasteiger partial charge in [0.2, 0.25) is 11.9 Å². The third-order valence-electron chi connectivity index (χ3n) is 10.5. The van der Waals surface area contributed by atoms with E-state index in [0.717, 1.165) is 69.3 Å². The van der Waals surface area contributed by atoms with E-state index in [1.807, 2.05) is 29.9 Å². The lowest BCUT2D eigenvalue weighted by Gasteiger charge is -2.14. The Balaban J connectivity index is 0.828. The average molecular weight is 956 g/mol. The van der Waals surface area contributed by atoms with Crippen LogP contribution in [-0.2, 0) is 43.3 Å². The molecule has 3 aromatic heterocycles. The zero-order valence-corrected chi connectivity index (χ0v) is 39.4. The Bertz CT molecular complexity index is 2410. The van der Waals surface area contributed by atoms with Crippen LogP contribution in [0.3, 0.4) is 0 Å². The standard InChI is InChI=1S/C47H65N13O9/c1-33(54-45(64)36-15-17-37(18-16-36)52-29-39-30-53-42-41(55-39)46(65)57-47(48)56-42)9-6-8-22-60-31-38(58-59-60)10-5-3-4-7-19-50-43(62)34-11-13-35(14-12-34)44(63)51-21-24-68-26-28-69-27-25-67-23-20-49-40(61)32-66-2/h11-18,30-31,33,52H,3-10,19-29,32H2,1-2H3,(H,49,61)(H,50,62)(H,51,63)(H,54,64)(H3,48,53,56,57,65)/t33-/m1/s1. The maximum Gasteiger partial charge on any atom is 0.280 e. The molecule has 22 heteroatoms. The van der Waals surface area contributed by atoms with Gasteiger partial charge in [-0.2, -0.15) is 4.98 Å². The number of nitrogens with one attached hydrogen (secondary N) is 6. The monoisotopic (exact) mass is 956 g/mol. The number of ether oxygens (including phenoxy) is 4. The van der Waals surface area contributed by atoms with Gasteiger partial charge in [0.15, 0.2) is 11.2 Å². The molecule has 4 amide bonds. The molecule has 0 spiro atoms. The fraction of sp³-hybridized carbons (Fsp3) is 0.489. The number of benzene rings is 2. The van der Waals surface area contributed by atoms with Gasteiger partial charge in [0.25, 0.3) is 23.3 Å². The molecule has 1 atom stereocenters. The molecule has 0 radical (unpaired) electrons. The van der Waals surface area contributed by atoms with Crippen LogP contribution in [0.4, 0.5) is 11.6 Å². The molecular formula is C47H65N13O9. The van der Waals surface area contributed by atoms with E-state index in [2.05, 4.69) is 56.8 Å². The number of H-pyrrole nitrogens is 1. The zero-order valence-electron chi connectivity index (χ0n) is 39.4. The van der Waals surface area contributed by atoms with Crippen LogP contribution in [0.25, 0.3) is 11.2 Å². The number of aryl methyl sites for hydroxylation is 2. The van der Waals surface area contributed by atoms with Crippen molar-refractivity contribution in [3.05, 3.63) is 99.4 Å². The summed E-state index contributed by atoms with van der Waals surface area (Å²) in [5.74, 6) is -0.777. The number of hydrogen-bond donors (Lipinski definition) is 7. The Morgan fingerprint density at radius 3 is 2.04 bits per heavy atom. The molecule has 8 N–H and O–H groups in total. The number of anilines is 2. The predicted octanol–water partition coefficient (Wildman–Crippen LogP) is 2.56. The van der Waals surface area contributed by atoms with Crippen molar-refractivity contribution in [2.45, 2.75) is 77.4 Å². The van der Waals surface area contributed by atoms with Crippen molar-refractivity contribution < 1.29 is 38.1 Å². The number of unbranched alkanes of at least 4 members (excludes halogenated alkanes) is 4. The number of nitrogen functional groups attached to an aromatic ring is 1. The molecule has 0 unspecified atom stereocenters. The molecule has 0 aliphatic carbocycles. The number of hydrogen-bond acceptors (Lipinski definition) is 16. The molecule has 5 rings (SSSR count). The van der Waals surface area contributed by atoms with E-state index in [1.54, 1.807) is 36.4 Å². The van der Waals surface area contributed by atoms with Crippen molar-refractivity contribution in [3.63, 3.8) is 0 Å². The number of amides is 4. The summed E-state index contributed by atoms with van der Waals surface area (Å²) < 4.78 is 22.9. The van der Waals surface area contributed by atoms with Gasteiger partial charge in [-0.05, 0) is 94.0 Å². The first-order valence-electron chi connectivity index (χ1n) is 23.3. The Hall–Kier alpha value is -6.88. The summed E-state index contributed by atoms with van der Waals surface area (Å²) in [5.41, 5.74) is 9.21. The smallest absolute Gasteiger partial charge is 0.280 e. The first kappa shape index (κ1) is 53.1. The minimum atomic E-state index is -0.451. The predicted molar refractivity (Wildman–Crippen MR) is 258 cm³/mol. The van der Waals surface area contributed by atoms with Gasteiger partial charge in [0.1, 0.15) is 6.61 Å². The van der Waals surface area contributed by atoms with Crippen LogP contribution in [0, 0.1) is 0 Å². The Labute approximate surface area is 400 Å². The van der Waals surface area contributed by atoms with E-state index in [-0.39, 0.29) is 53.4 Å². The van der Waals surface area contributed by atoms with E-state index in [1.165, 1.54) is 13.3 Å². The number of nitrogens with zero attached hydrogens (tertiary/aromatic N) is 6. The average Bonchev–Trinajstić information content (AvgIpc) is 3.80. The fourth-order valence-corrected chi connectivity index (χ4v) is 6.84. The number of aromatic nitrogens is 7. The normalized spacial score (nSPS) is 11.6. The van der Waals surface area contributed by atoms with Crippen molar-refractivity contribution in [1.29, 1.82) is 0 Å². The molecule has 22 nitrogen and oxygen atoms in total. The highest BCUT2D eigenvalue weighted by Gasteiger charge is 2.12. The third-order valence-corrected chi connectivity index (χ3v) is 10.5. The molecule has 69 heavy (non-hydrogen) atoms. The molecule has 2 aromatic carbocycles. The largest absolute Gasteiger partial charge is 0.379 e. The van der Waals surface area contributed by atoms with Gasteiger partial charge < -0.3 is 51.3 Å². The highest BCUT2D eigenvalue weighted by molar-refractivity contribution is 5.98. The molecule has 372 valence electrons. The molecular weight excluding hydrogens is 891 g/mol. The molecule has 0 aliphatic heterocycles. The van der Waals surface area contributed by atoms with E-state index >= 15 is 0 Å². The Kier molecular flexibility index (Phi) is 22.9. The number of carbonyl (C=O) groups is 4. The number of rotatable bonds is 33. The number of methoxy groups -OCH3 is 1. The van der Waals surface area contributed by atoms with Gasteiger partial charge in [-0.15, -0.1) is 5.10 Å². The lowest BCUT2D eigenvalue weighted by Crippen LogP contribution is -2.32. The highest BCUT2D eigenvalue weighted by atomic mass is 16.5. The second-order valence-corrected chi connectivity index (χ2v) is 16.1. The molecule has 3 heterocycles. The summed E-state index contributed by atoms with van der Waals surface area (Å²) in [4.78, 5) is 76.3. The maximum atomic E-state index is 12.9. The first-order valence-corrected chi connectivity index (χ1v) is 23.3. The van der Waals surface area contributed by atoms with E-state index < -0.39 is 5.56 Å². The van der Waals surface area contributed by atoms with Crippen molar-refractivity contribution in [2.75, 3.05) is 84.0 Å². The molecule has 5 aromatic rings. The van der Waals surface area contributed by atoms with Gasteiger partial charge in [0, 0.05) is 67.9 Å². The highest BCUT2D eigenvalue weighted by Crippen LogP contribution is 2.13. The van der Waals surface area contributed by atoms with Gasteiger partial charge >= 0.3 is 0 Å². The van der Waals surface area contributed by atoms with E-state index in [9.17, 15) is 24.0 Å². The fourth-order valence-electron chi connectivity index (χ4n) is 6.84. The Morgan fingerprint density at radius 1 is 0.725 bits per heavy atom. The van der Waals surface area contributed by atoms with Crippen LogP contribution < -0.4 is 37.9 Å². The van der Waals surface area contributed by atoms with Gasteiger partial charge in [-0.1, -0.05) is 18.1 Å². The van der Waals surface area contributed by atoms with Gasteiger partial charge in [0.05, 0.1) is 63.8 Å². The molecule has 0 bridgehead atoms. The summed E-state index contributed by atoms with van der Waals surface area (Å²) in [7, 11) is 1.46. The van der Waals surface area contributed by atoms with Crippen molar-refractivity contribution >= 4 is 46.4 Å². The van der Waals surface area contributed by atoms with Crippen LogP contribution in [0.2, 0.25) is 0 Å². The number of aromatic amines is 1. The van der Waals surface area contributed by atoms with Crippen LogP contribution >= 0.6 is 0 Å². The first-order chi connectivity index (χ1) is 33.6. The summed E-state index contributed by atoms with van der Waals surface area (Å²) in [5, 5.41) is 23.3. The maximum absolute atomic E-state index is 12.9. The minimum Gasteiger partial charge on any atom is -0.379 e. The second kappa shape index (κ2) is 29.8. The van der Waals surface area contributed by atoms with E-state index in [4.69, 9.17) is 24.7 Å².